The van der Waals surface area contributed by atoms with Crippen LogP contribution >= 0.6 is 27.5 Å². The fourth-order valence-electron chi connectivity index (χ4n) is 1.76. The van der Waals surface area contributed by atoms with Crippen molar-refractivity contribution in [1.82, 2.24) is 0 Å². The molecule has 0 saturated heterocycles. The molecule has 0 bridgehead atoms. The summed E-state index contributed by atoms with van der Waals surface area (Å²) in [6.07, 6.45) is -1.12. The molecule has 4 nitrogen and oxygen atoms in total. The van der Waals surface area contributed by atoms with Gasteiger partial charge in [-0.1, -0.05) is 27.5 Å². The number of rotatable bonds is 6. The van der Waals surface area contributed by atoms with Crippen molar-refractivity contribution in [2.75, 3.05) is 12.4 Å². The Morgan fingerprint density at radius 1 is 1.09 bits per heavy atom. The number of halogens is 2. The van der Waals surface area contributed by atoms with Gasteiger partial charge in [0.2, 0.25) is 0 Å². The van der Waals surface area contributed by atoms with Crippen molar-refractivity contribution >= 4 is 37.4 Å². The second-order valence-corrected chi connectivity index (χ2v) is 8.04. The second-order valence-electron chi connectivity index (χ2n) is 4.65. The number of aliphatic hydroxyl groups excluding tert-OH is 1. The van der Waals surface area contributed by atoms with Gasteiger partial charge in [0, 0.05) is 9.50 Å². The fourth-order valence-corrected chi connectivity index (χ4v) is 3.50. The highest BCUT2D eigenvalue weighted by atomic mass is 79.9. The lowest BCUT2D eigenvalue weighted by Gasteiger charge is -2.13. The van der Waals surface area contributed by atoms with Gasteiger partial charge in [0.15, 0.2) is 9.84 Å². The number of sulfone groups is 1. The fraction of sp³-hybridized carbons (Fsp3) is 0.200. The van der Waals surface area contributed by atoms with E-state index in [2.05, 4.69) is 15.9 Å². The highest BCUT2D eigenvalue weighted by molar-refractivity contribution is 9.10. The first-order valence-electron chi connectivity index (χ1n) is 6.41. The minimum atomic E-state index is -3.58. The molecule has 0 heterocycles. The molecular formula is C15H14BrClO4S. The largest absolute Gasteiger partial charge is 0.491 e. The summed E-state index contributed by atoms with van der Waals surface area (Å²) < 4.78 is 30.6. The van der Waals surface area contributed by atoms with Crippen LogP contribution in [0.5, 0.6) is 5.75 Å². The van der Waals surface area contributed by atoms with E-state index in [4.69, 9.17) is 16.3 Å². The molecule has 0 spiro atoms. The van der Waals surface area contributed by atoms with Gasteiger partial charge in [-0.3, -0.25) is 0 Å². The maximum atomic E-state index is 12.1. The van der Waals surface area contributed by atoms with Crippen LogP contribution < -0.4 is 4.74 Å². The molecule has 2 aromatic rings. The molecule has 0 aromatic heterocycles. The lowest BCUT2D eigenvalue weighted by atomic mass is 10.3. The number of benzene rings is 2. The van der Waals surface area contributed by atoms with Crippen molar-refractivity contribution in [3.8, 4) is 5.75 Å². The summed E-state index contributed by atoms with van der Waals surface area (Å²) in [5.74, 6) is 0.150. The molecule has 0 saturated carbocycles. The minimum Gasteiger partial charge on any atom is -0.491 e. The van der Waals surface area contributed by atoms with E-state index in [-0.39, 0.29) is 11.5 Å². The molecule has 22 heavy (non-hydrogen) atoms. The maximum absolute atomic E-state index is 12.1. The molecule has 0 aliphatic rings. The SMILES string of the molecule is O=S(=O)(C[C@@H](O)COc1ccc(Br)cc1)c1ccc(Cl)cc1. The summed E-state index contributed by atoms with van der Waals surface area (Å²) >= 11 is 9.03. The van der Waals surface area contributed by atoms with Crippen LogP contribution in [0.2, 0.25) is 5.02 Å². The van der Waals surface area contributed by atoms with E-state index in [1.165, 1.54) is 24.3 Å². The van der Waals surface area contributed by atoms with Crippen LogP contribution in [-0.4, -0.2) is 32.0 Å². The zero-order valence-electron chi connectivity index (χ0n) is 11.4. The summed E-state index contributed by atoms with van der Waals surface area (Å²) in [5, 5.41) is 10.3. The van der Waals surface area contributed by atoms with Crippen molar-refractivity contribution in [2.45, 2.75) is 11.0 Å². The molecule has 7 heteroatoms. The van der Waals surface area contributed by atoms with Gasteiger partial charge in [-0.15, -0.1) is 0 Å². The molecule has 2 rings (SSSR count). The van der Waals surface area contributed by atoms with E-state index < -0.39 is 21.7 Å². The highest BCUT2D eigenvalue weighted by Gasteiger charge is 2.20. The normalized spacial score (nSPS) is 12.9. The van der Waals surface area contributed by atoms with Crippen molar-refractivity contribution in [1.29, 1.82) is 0 Å². The third-order valence-corrected chi connectivity index (χ3v) is 5.44. The molecule has 0 aliphatic carbocycles. The van der Waals surface area contributed by atoms with Crippen molar-refractivity contribution in [2.24, 2.45) is 0 Å². The van der Waals surface area contributed by atoms with E-state index in [1.54, 1.807) is 24.3 Å². The first-order valence-corrected chi connectivity index (χ1v) is 9.24. The first-order chi connectivity index (χ1) is 10.4. The van der Waals surface area contributed by atoms with Gasteiger partial charge in [-0.25, -0.2) is 8.42 Å². The third-order valence-electron chi connectivity index (χ3n) is 2.84. The van der Waals surface area contributed by atoms with Crippen molar-refractivity contribution in [3.63, 3.8) is 0 Å². The Morgan fingerprint density at radius 2 is 1.68 bits per heavy atom. The number of hydrogen-bond donors (Lipinski definition) is 1. The lowest BCUT2D eigenvalue weighted by Crippen LogP contribution is -2.27. The molecule has 1 atom stereocenters. The van der Waals surface area contributed by atoms with Gasteiger partial charge < -0.3 is 9.84 Å². The lowest BCUT2D eigenvalue weighted by molar-refractivity contribution is 0.125. The van der Waals surface area contributed by atoms with E-state index in [0.29, 0.717) is 10.8 Å². The Bertz CT molecular complexity index is 714. The van der Waals surface area contributed by atoms with Crippen molar-refractivity contribution in [3.05, 3.63) is 58.0 Å². The first kappa shape index (κ1) is 17.3. The predicted molar refractivity (Wildman–Crippen MR) is 89.1 cm³/mol. The Balaban J connectivity index is 1.94. The summed E-state index contributed by atoms with van der Waals surface area (Å²) in [7, 11) is -3.58. The van der Waals surface area contributed by atoms with Gasteiger partial charge in [0.25, 0.3) is 0 Å². The topological polar surface area (TPSA) is 63.6 Å². The standard InChI is InChI=1S/C15H14BrClO4S/c16-11-1-5-14(6-2-11)21-9-13(18)10-22(19,20)15-7-3-12(17)4-8-15/h1-8,13,18H,9-10H2/t13-/m0/s1. The number of ether oxygens (including phenoxy) is 1. The van der Waals surface area contributed by atoms with Gasteiger partial charge in [0.1, 0.15) is 18.5 Å². The van der Waals surface area contributed by atoms with Crippen LogP contribution in [-0.2, 0) is 9.84 Å². The van der Waals surface area contributed by atoms with Crippen LogP contribution in [0.15, 0.2) is 57.9 Å². The van der Waals surface area contributed by atoms with Crippen LogP contribution in [0.25, 0.3) is 0 Å². The Kier molecular flexibility index (Phi) is 5.86. The Labute approximate surface area is 142 Å². The zero-order valence-corrected chi connectivity index (χ0v) is 14.6. The van der Waals surface area contributed by atoms with Gasteiger partial charge in [0.05, 0.1) is 10.6 Å². The van der Waals surface area contributed by atoms with Crippen molar-refractivity contribution < 1.29 is 18.3 Å². The molecule has 0 unspecified atom stereocenters. The quantitative estimate of drug-likeness (QED) is 0.801. The molecule has 118 valence electrons. The molecule has 2 aromatic carbocycles. The summed E-state index contributed by atoms with van der Waals surface area (Å²) in [6.45, 7) is -0.103. The monoisotopic (exact) mass is 404 g/mol. The minimum absolute atomic E-state index is 0.103. The van der Waals surface area contributed by atoms with Crippen LogP contribution in [0, 0.1) is 0 Å². The predicted octanol–water partition coefficient (Wildman–Crippen LogP) is 3.32. The van der Waals surface area contributed by atoms with E-state index >= 15 is 0 Å². The summed E-state index contributed by atoms with van der Waals surface area (Å²) in [4.78, 5) is 0.125. The van der Waals surface area contributed by atoms with Gasteiger partial charge in [-0.05, 0) is 48.5 Å². The zero-order chi connectivity index (χ0) is 16.2. The van der Waals surface area contributed by atoms with Crippen LogP contribution in [0.1, 0.15) is 0 Å². The Hall–Kier alpha value is -1.08. The number of aliphatic hydroxyl groups is 1. The average molecular weight is 406 g/mol. The highest BCUT2D eigenvalue weighted by Crippen LogP contribution is 2.18. The van der Waals surface area contributed by atoms with Crippen LogP contribution in [0.4, 0.5) is 0 Å². The average Bonchev–Trinajstić information content (AvgIpc) is 2.46. The molecule has 0 radical (unpaired) electrons. The van der Waals surface area contributed by atoms with E-state index in [1.807, 2.05) is 0 Å². The summed E-state index contributed by atoms with van der Waals surface area (Å²) in [5.41, 5.74) is 0. The van der Waals surface area contributed by atoms with E-state index in [0.717, 1.165) is 4.47 Å². The maximum Gasteiger partial charge on any atom is 0.181 e. The molecule has 0 amide bonds. The molecule has 0 fully saturated rings. The van der Waals surface area contributed by atoms with Gasteiger partial charge >= 0.3 is 0 Å². The van der Waals surface area contributed by atoms with Crippen LogP contribution in [0.3, 0.4) is 0 Å². The molecular weight excluding hydrogens is 392 g/mol. The van der Waals surface area contributed by atoms with E-state index in [9.17, 15) is 13.5 Å². The smallest absolute Gasteiger partial charge is 0.181 e. The molecule has 1 N–H and O–H groups in total. The molecule has 0 aliphatic heterocycles. The van der Waals surface area contributed by atoms with Gasteiger partial charge in [-0.2, -0.15) is 0 Å². The Morgan fingerprint density at radius 3 is 2.27 bits per heavy atom. The third kappa shape index (κ3) is 4.98. The number of hydrogen-bond acceptors (Lipinski definition) is 4. The summed E-state index contributed by atoms with van der Waals surface area (Å²) in [6, 6.07) is 12.9. The second kappa shape index (κ2) is 7.46.